The van der Waals surface area contributed by atoms with Crippen LogP contribution in [0.1, 0.15) is 0 Å². The van der Waals surface area contributed by atoms with Crippen molar-refractivity contribution in [1.82, 2.24) is 5.43 Å². The second-order valence-corrected chi connectivity index (χ2v) is 5.22. The summed E-state index contributed by atoms with van der Waals surface area (Å²) in [5.74, 6) is 4.86. The maximum absolute atomic E-state index is 11.4. The second-order valence-electron chi connectivity index (χ2n) is 3.02. The molecule has 0 aliphatic rings. The summed E-state index contributed by atoms with van der Waals surface area (Å²) in [7, 11) is 1.55. The van der Waals surface area contributed by atoms with Crippen molar-refractivity contribution in [3.63, 3.8) is 0 Å². The highest BCUT2D eigenvalue weighted by Crippen LogP contribution is 2.25. The molecule has 1 unspecified atom stereocenters. The number of ether oxygens (including phenoxy) is 1. The van der Waals surface area contributed by atoms with E-state index in [4.69, 9.17) is 10.6 Å². The van der Waals surface area contributed by atoms with Gasteiger partial charge in [0.05, 0.1) is 6.61 Å². The molecule has 1 atom stereocenters. The summed E-state index contributed by atoms with van der Waals surface area (Å²) in [6.07, 6.45) is 0. The van der Waals surface area contributed by atoms with Crippen molar-refractivity contribution in [2.45, 2.75) is 10.1 Å². The molecule has 1 amide bonds. The quantitative estimate of drug-likeness (QED) is 0.375. The van der Waals surface area contributed by atoms with Crippen LogP contribution >= 0.6 is 27.7 Å². The highest BCUT2D eigenvalue weighted by atomic mass is 79.9. The molecule has 6 heteroatoms. The number of nitrogens with one attached hydrogen (secondary N) is 1. The van der Waals surface area contributed by atoms with E-state index in [2.05, 4.69) is 21.4 Å². The van der Waals surface area contributed by atoms with Crippen molar-refractivity contribution >= 4 is 33.6 Å². The number of thioether (sulfide) groups is 1. The molecule has 0 saturated carbocycles. The number of benzene rings is 1. The predicted octanol–water partition coefficient (Wildman–Crippen LogP) is 1.55. The van der Waals surface area contributed by atoms with E-state index < -0.39 is 0 Å². The molecule has 1 aromatic carbocycles. The number of carbonyl (C=O) groups is 1. The van der Waals surface area contributed by atoms with Crippen molar-refractivity contribution in [2.24, 2.45) is 5.84 Å². The summed E-state index contributed by atoms with van der Waals surface area (Å²) in [5, 5.41) is -0.337. The molecule has 88 valence electrons. The number of methoxy groups -OCH3 is 1. The van der Waals surface area contributed by atoms with Gasteiger partial charge in [-0.3, -0.25) is 10.2 Å². The molecular formula is C10H13BrN2O2S. The minimum absolute atomic E-state index is 0.241. The lowest BCUT2D eigenvalue weighted by molar-refractivity contribution is -0.121. The van der Waals surface area contributed by atoms with Crippen LogP contribution in [0.5, 0.6) is 0 Å². The Bertz CT molecular complexity index is 345. The zero-order valence-electron chi connectivity index (χ0n) is 8.77. The van der Waals surface area contributed by atoms with E-state index in [-0.39, 0.29) is 11.2 Å². The third-order valence-electron chi connectivity index (χ3n) is 1.84. The zero-order valence-corrected chi connectivity index (χ0v) is 11.2. The average molecular weight is 305 g/mol. The topological polar surface area (TPSA) is 64.3 Å². The van der Waals surface area contributed by atoms with Crippen molar-refractivity contribution < 1.29 is 9.53 Å². The van der Waals surface area contributed by atoms with Gasteiger partial charge in [0.2, 0.25) is 5.91 Å². The van der Waals surface area contributed by atoms with Gasteiger partial charge in [0, 0.05) is 16.5 Å². The Morgan fingerprint density at radius 3 is 2.69 bits per heavy atom. The molecule has 0 spiro atoms. The summed E-state index contributed by atoms with van der Waals surface area (Å²) in [5.41, 5.74) is 2.13. The Kier molecular flexibility index (Phi) is 5.83. The van der Waals surface area contributed by atoms with Crippen molar-refractivity contribution in [3.8, 4) is 0 Å². The number of nitrogens with two attached hydrogens (primary N) is 1. The lowest BCUT2D eigenvalue weighted by Gasteiger charge is -2.13. The van der Waals surface area contributed by atoms with Crippen LogP contribution in [-0.4, -0.2) is 24.9 Å². The molecule has 1 aromatic rings. The predicted molar refractivity (Wildman–Crippen MR) is 68.0 cm³/mol. The van der Waals surface area contributed by atoms with Gasteiger partial charge >= 0.3 is 0 Å². The Morgan fingerprint density at radius 2 is 2.19 bits per heavy atom. The molecule has 16 heavy (non-hydrogen) atoms. The molecule has 0 aliphatic heterocycles. The van der Waals surface area contributed by atoms with Crippen LogP contribution in [0.3, 0.4) is 0 Å². The number of carbonyl (C=O) groups excluding carboxylic acids is 1. The van der Waals surface area contributed by atoms with E-state index >= 15 is 0 Å². The van der Waals surface area contributed by atoms with Crippen molar-refractivity contribution in [2.75, 3.05) is 13.7 Å². The summed E-state index contributed by atoms with van der Waals surface area (Å²) in [6.45, 7) is 0.323. The monoisotopic (exact) mass is 304 g/mol. The fourth-order valence-electron chi connectivity index (χ4n) is 1.08. The largest absolute Gasteiger partial charge is 0.383 e. The number of hydrazine groups is 1. The highest BCUT2D eigenvalue weighted by Gasteiger charge is 2.18. The van der Waals surface area contributed by atoms with E-state index in [0.717, 1.165) is 9.37 Å². The van der Waals surface area contributed by atoms with Gasteiger partial charge < -0.3 is 4.74 Å². The minimum atomic E-state index is -0.337. The Morgan fingerprint density at radius 1 is 1.56 bits per heavy atom. The molecule has 4 nitrogen and oxygen atoms in total. The molecule has 0 fully saturated rings. The first-order valence-electron chi connectivity index (χ1n) is 4.59. The van der Waals surface area contributed by atoms with E-state index in [0.29, 0.717) is 6.61 Å². The molecule has 1 rings (SSSR count). The van der Waals surface area contributed by atoms with E-state index in [1.54, 1.807) is 7.11 Å². The molecule has 0 saturated heterocycles. The van der Waals surface area contributed by atoms with Gasteiger partial charge in [-0.25, -0.2) is 5.84 Å². The van der Waals surface area contributed by atoms with Crippen LogP contribution < -0.4 is 11.3 Å². The van der Waals surface area contributed by atoms with Crippen LogP contribution in [-0.2, 0) is 9.53 Å². The zero-order chi connectivity index (χ0) is 12.0. The highest BCUT2D eigenvalue weighted by molar-refractivity contribution is 9.10. The van der Waals surface area contributed by atoms with Gasteiger partial charge in [0.25, 0.3) is 0 Å². The number of halogens is 1. The smallest absolute Gasteiger partial charge is 0.249 e. The molecule has 0 heterocycles. The van der Waals surface area contributed by atoms with Crippen molar-refractivity contribution in [3.05, 3.63) is 28.7 Å². The lowest BCUT2D eigenvalue weighted by Crippen LogP contribution is -2.39. The first-order valence-corrected chi connectivity index (χ1v) is 6.26. The van der Waals surface area contributed by atoms with Crippen LogP contribution in [0.15, 0.2) is 33.6 Å². The summed E-state index contributed by atoms with van der Waals surface area (Å²) < 4.78 is 5.98. The van der Waals surface area contributed by atoms with Gasteiger partial charge in [-0.2, -0.15) is 0 Å². The maximum Gasteiger partial charge on any atom is 0.249 e. The summed E-state index contributed by atoms with van der Waals surface area (Å²) in [4.78, 5) is 12.4. The third-order valence-corrected chi connectivity index (χ3v) is 3.55. The van der Waals surface area contributed by atoms with Crippen LogP contribution in [0, 0.1) is 0 Å². The van der Waals surface area contributed by atoms with E-state index in [9.17, 15) is 4.79 Å². The molecule has 0 bridgehead atoms. The third kappa shape index (κ3) is 4.13. The molecule has 3 N–H and O–H groups in total. The Labute approximate surface area is 107 Å². The van der Waals surface area contributed by atoms with Crippen LogP contribution in [0.4, 0.5) is 0 Å². The first-order chi connectivity index (χ1) is 7.67. The fourth-order valence-corrected chi connectivity index (χ4v) is 2.35. The SMILES string of the molecule is COCC(Sc1ccc(Br)cc1)C(=O)NN. The van der Waals surface area contributed by atoms with Gasteiger partial charge in [-0.1, -0.05) is 15.9 Å². The maximum atomic E-state index is 11.4. The van der Waals surface area contributed by atoms with Gasteiger partial charge in [0.1, 0.15) is 5.25 Å². The number of hydrogen-bond acceptors (Lipinski definition) is 4. The van der Waals surface area contributed by atoms with Crippen molar-refractivity contribution in [1.29, 1.82) is 0 Å². The Balaban J connectivity index is 2.67. The minimum Gasteiger partial charge on any atom is -0.383 e. The van der Waals surface area contributed by atoms with Crippen LogP contribution in [0.25, 0.3) is 0 Å². The fraction of sp³-hybridized carbons (Fsp3) is 0.300. The standard InChI is InChI=1S/C10H13BrN2O2S/c1-15-6-9(10(14)13-12)16-8-4-2-7(11)3-5-8/h2-5,9H,6,12H2,1H3,(H,13,14). The molecule has 0 aromatic heterocycles. The average Bonchev–Trinajstić information content (AvgIpc) is 2.30. The lowest BCUT2D eigenvalue weighted by atomic mass is 10.4. The number of rotatable bonds is 5. The Hall–Kier alpha value is -0.560. The number of amides is 1. The second kappa shape index (κ2) is 6.90. The first kappa shape index (κ1) is 13.5. The number of hydrogen-bond donors (Lipinski definition) is 2. The van der Waals surface area contributed by atoms with E-state index in [1.165, 1.54) is 11.8 Å². The van der Waals surface area contributed by atoms with Crippen LogP contribution in [0.2, 0.25) is 0 Å². The molecule has 0 radical (unpaired) electrons. The summed E-state index contributed by atoms with van der Waals surface area (Å²) in [6, 6.07) is 7.71. The van der Waals surface area contributed by atoms with Gasteiger partial charge in [-0.05, 0) is 24.3 Å². The van der Waals surface area contributed by atoms with E-state index in [1.807, 2.05) is 24.3 Å². The van der Waals surface area contributed by atoms with Gasteiger partial charge in [-0.15, -0.1) is 11.8 Å². The van der Waals surface area contributed by atoms with Gasteiger partial charge in [0.15, 0.2) is 0 Å². The normalized spacial score (nSPS) is 12.2. The molecule has 0 aliphatic carbocycles. The summed E-state index contributed by atoms with van der Waals surface area (Å²) >= 11 is 4.77. The molecular weight excluding hydrogens is 292 g/mol.